The van der Waals surface area contributed by atoms with Crippen LogP contribution in [0, 0.1) is 16.0 Å². The van der Waals surface area contributed by atoms with Crippen LogP contribution in [0.5, 0.6) is 0 Å². The molecule has 142 valence electrons. The maximum absolute atomic E-state index is 11.8. The summed E-state index contributed by atoms with van der Waals surface area (Å²) in [6.07, 6.45) is 2.64. The molecule has 0 spiro atoms. The summed E-state index contributed by atoms with van der Waals surface area (Å²) in [5.74, 6) is -0.0335. The number of aromatic nitrogens is 1. The molecule has 1 atom stereocenters. The number of allylic oxidation sites excluding steroid dienone is 3. The summed E-state index contributed by atoms with van der Waals surface area (Å²) >= 11 is 0. The van der Waals surface area contributed by atoms with E-state index in [9.17, 15) is 10.1 Å². The molecule has 1 unspecified atom stereocenters. The van der Waals surface area contributed by atoms with Crippen molar-refractivity contribution in [2.75, 3.05) is 0 Å². The Balaban J connectivity index is 1.77. The molecule has 1 aromatic heterocycles. The van der Waals surface area contributed by atoms with E-state index < -0.39 is 0 Å². The van der Waals surface area contributed by atoms with Crippen molar-refractivity contribution in [2.24, 2.45) is 10.9 Å². The average molecular weight is 373 g/mol. The van der Waals surface area contributed by atoms with Gasteiger partial charge in [-0.15, -0.1) is 0 Å². The minimum absolute atomic E-state index is 0.0285. The first kappa shape index (κ1) is 18.3. The van der Waals surface area contributed by atoms with E-state index in [1.165, 1.54) is 0 Å². The maximum atomic E-state index is 11.8. The second kappa shape index (κ2) is 6.51. The summed E-state index contributed by atoms with van der Waals surface area (Å²) in [4.78, 5) is 21.1. The van der Waals surface area contributed by atoms with Crippen LogP contribution >= 0.6 is 0 Å². The smallest absolute Gasteiger partial charge is 0.258 e. The molecule has 1 aliphatic carbocycles. The highest BCUT2D eigenvalue weighted by molar-refractivity contribution is 6.32. The molecule has 1 aliphatic heterocycles. The minimum atomic E-state index is -0.284. The molecule has 28 heavy (non-hydrogen) atoms. The van der Waals surface area contributed by atoms with Crippen LogP contribution in [0.4, 0.5) is 5.69 Å². The summed E-state index contributed by atoms with van der Waals surface area (Å²) < 4.78 is 0. The van der Waals surface area contributed by atoms with Crippen molar-refractivity contribution in [3.8, 4) is 0 Å². The van der Waals surface area contributed by atoms with E-state index in [0.29, 0.717) is 17.6 Å². The SMILES string of the molecule is CC1=CC(Cc2cccc(C(C)(C)C)n2)C2=Nc3ccccc3C2=C1[N+](=O)[O-]. The zero-order valence-electron chi connectivity index (χ0n) is 16.6. The molecule has 4 rings (SSSR count). The highest BCUT2D eigenvalue weighted by atomic mass is 16.6. The Morgan fingerprint density at radius 1 is 1.11 bits per heavy atom. The molecule has 2 aromatic rings. The first-order valence-corrected chi connectivity index (χ1v) is 9.48. The van der Waals surface area contributed by atoms with Crippen LogP contribution in [-0.2, 0) is 11.8 Å². The zero-order valence-corrected chi connectivity index (χ0v) is 16.6. The van der Waals surface area contributed by atoms with Crippen molar-refractivity contribution < 1.29 is 4.92 Å². The molecule has 5 heteroatoms. The van der Waals surface area contributed by atoms with Gasteiger partial charge in [0.15, 0.2) is 0 Å². The van der Waals surface area contributed by atoms with Crippen LogP contribution in [0.1, 0.15) is 44.6 Å². The van der Waals surface area contributed by atoms with Gasteiger partial charge < -0.3 is 0 Å². The van der Waals surface area contributed by atoms with Gasteiger partial charge in [-0.3, -0.25) is 20.1 Å². The lowest BCUT2D eigenvalue weighted by Gasteiger charge is -2.22. The molecule has 0 radical (unpaired) electrons. The third-order valence-electron chi connectivity index (χ3n) is 5.27. The van der Waals surface area contributed by atoms with Crippen molar-refractivity contribution in [1.29, 1.82) is 0 Å². The molecule has 0 bridgehead atoms. The van der Waals surface area contributed by atoms with E-state index >= 15 is 0 Å². The fourth-order valence-corrected chi connectivity index (χ4v) is 3.91. The van der Waals surface area contributed by atoms with Gasteiger partial charge in [-0.05, 0) is 25.1 Å². The van der Waals surface area contributed by atoms with E-state index in [4.69, 9.17) is 9.98 Å². The summed E-state index contributed by atoms with van der Waals surface area (Å²) in [7, 11) is 0. The standard InChI is InChI=1S/C23H23N3O2/c1-14-12-15(13-16-8-7-11-19(24-16)23(2,3)4)21-20(22(14)26(27)28)17-9-5-6-10-18(17)25-21/h5-12,15H,13H2,1-4H3. The van der Waals surface area contributed by atoms with Crippen molar-refractivity contribution in [3.05, 3.63) is 86.9 Å². The van der Waals surface area contributed by atoms with Crippen molar-refractivity contribution in [2.45, 2.75) is 39.5 Å². The Bertz CT molecular complexity index is 1070. The lowest BCUT2D eigenvalue weighted by atomic mass is 9.82. The molecule has 0 saturated carbocycles. The summed E-state index contributed by atoms with van der Waals surface area (Å²) in [6, 6.07) is 13.7. The number of hydrogen-bond donors (Lipinski definition) is 0. The normalized spacial score (nSPS) is 18.4. The first-order valence-electron chi connectivity index (χ1n) is 9.48. The molecule has 0 N–H and O–H groups in total. The molecular formula is C23H23N3O2. The van der Waals surface area contributed by atoms with Gasteiger partial charge >= 0.3 is 0 Å². The van der Waals surface area contributed by atoms with Gasteiger partial charge in [0.1, 0.15) is 0 Å². The number of benzene rings is 1. The molecular weight excluding hydrogens is 350 g/mol. The second-order valence-electron chi connectivity index (χ2n) is 8.42. The molecule has 0 fully saturated rings. The fourth-order valence-electron chi connectivity index (χ4n) is 3.91. The van der Waals surface area contributed by atoms with Gasteiger partial charge in [0.05, 0.1) is 21.9 Å². The number of fused-ring (bicyclic) bond motifs is 3. The topological polar surface area (TPSA) is 68.4 Å². The van der Waals surface area contributed by atoms with E-state index in [0.717, 1.165) is 28.4 Å². The van der Waals surface area contributed by atoms with Gasteiger partial charge in [-0.25, -0.2) is 0 Å². The van der Waals surface area contributed by atoms with Crippen molar-refractivity contribution in [1.82, 2.24) is 4.98 Å². The number of para-hydroxylation sites is 1. The van der Waals surface area contributed by atoms with E-state index in [1.54, 1.807) is 0 Å². The second-order valence-corrected chi connectivity index (χ2v) is 8.42. The van der Waals surface area contributed by atoms with Gasteiger partial charge in [-0.1, -0.05) is 51.1 Å². The van der Waals surface area contributed by atoms with Crippen LogP contribution in [0.3, 0.4) is 0 Å². The Morgan fingerprint density at radius 2 is 1.86 bits per heavy atom. The lowest BCUT2D eigenvalue weighted by molar-refractivity contribution is -0.419. The van der Waals surface area contributed by atoms with Gasteiger partial charge in [-0.2, -0.15) is 0 Å². The predicted octanol–water partition coefficient (Wildman–Crippen LogP) is 5.27. The van der Waals surface area contributed by atoms with Crippen LogP contribution < -0.4 is 0 Å². The Kier molecular flexibility index (Phi) is 4.26. The highest BCUT2D eigenvalue weighted by Gasteiger charge is 2.38. The summed E-state index contributed by atoms with van der Waals surface area (Å²) in [6.45, 7) is 8.25. The molecule has 2 aliphatic rings. The number of pyridine rings is 1. The van der Waals surface area contributed by atoms with Crippen LogP contribution in [0.2, 0.25) is 0 Å². The number of nitro groups is 1. The van der Waals surface area contributed by atoms with E-state index in [1.807, 2.05) is 55.5 Å². The molecule has 0 saturated heterocycles. The van der Waals surface area contributed by atoms with Crippen molar-refractivity contribution in [3.63, 3.8) is 0 Å². The van der Waals surface area contributed by atoms with Gasteiger partial charge in [0.25, 0.3) is 5.70 Å². The Morgan fingerprint density at radius 3 is 2.57 bits per heavy atom. The minimum Gasteiger partial charge on any atom is -0.258 e. The predicted molar refractivity (Wildman–Crippen MR) is 111 cm³/mol. The largest absolute Gasteiger partial charge is 0.281 e. The lowest BCUT2D eigenvalue weighted by Crippen LogP contribution is -2.24. The fraction of sp³-hybridized carbons (Fsp3) is 0.304. The van der Waals surface area contributed by atoms with Crippen LogP contribution in [0.15, 0.2) is 64.8 Å². The van der Waals surface area contributed by atoms with Crippen LogP contribution in [0.25, 0.3) is 5.57 Å². The third kappa shape index (κ3) is 3.07. The highest BCUT2D eigenvalue weighted by Crippen LogP contribution is 2.44. The summed E-state index contributed by atoms with van der Waals surface area (Å²) in [5.41, 5.74) is 5.93. The van der Waals surface area contributed by atoms with Gasteiger partial charge in [0.2, 0.25) is 0 Å². The number of rotatable bonds is 3. The number of aliphatic imine (C=N–C) groups is 1. The first-order chi connectivity index (χ1) is 13.3. The van der Waals surface area contributed by atoms with Crippen molar-refractivity contribution >= 4 is 17.0 Å². The number of nitrogens with zero attached hydrogens (tertiary/aromatic N) is 3. The number of hydrogen-bond acceptors (Lipinski definition) is 4. The monoisotopic (exact) mass is 373 g/mol. The van der Waals surface area contributed by atoms with Gasteiger partial charge in [0, 0.05) is 40.3 Å². The summed E-state index contributed by atoms with van der Waals surface area (Å²) in [5, 5.41) is 11.8. The Labute approximate surface area is 164 Å². The Hall–Kier alpha value is -3.08. The molecule has 1 aromatic carbocycles. The zero-order chi connectivity index (χ0) is 20.1. The quantitative estimate of drug-likeness (QED) is 0.543. The molecule has 0 amide bonds. The third-order valence-corrected chi connectivity index (χ3v) is 5.27. The average Bonchev–Trinajstić information content (AvgIpc) is 3.01. The van der Waals surface area contributed by atoms with Crippen LogP contribution in [-0.4, -0.2) is 15.6 Å². The van der Waals surface area contributed by atoms with E-state index in [2.05, 4.69) is 20.8 Å². The molecule has 5 nitrogen and oxygen atoms in total. The molecule has 2 heterocycles. The maximum Gasteiger partial charge on any atom is 0.281 e. The van der Waals surface area contributed by atoms with E-state index in [-0.39, 0.29) is 22.0 Å².